The molecule has 0 bridgehead atoms. The van der Waals surface area contributed by atoms with Crippen molar-refractivity contribution in [1.29, 1.82) is 0 Å². The first-order valence-electron chi connectivity index (χ1n) is 4.37. The van der Waals surface area contributed by atoms with Gasteiger partial charge in [-0.15, -0.1) is 0 Å². The molecule has 0 unspecified atom stereocenters. The molecule has 2 rings (SSSR count). The van der Waals surface area contributed by atoms with Crippen molar-refractivity contribution in [2.75, 3.05) is 0 Å². The molecule has 0 N–H and O–H groups in total. The van der Waals surface area contributed by atoms with Gasteiger partial charge in [-0.05, 0) is 13.3 Å². The Balaban J connectivity index is 2.80. The van der Waals surface area contributed by atoms with Gasteiger partial charge in [0.05, 0.1) is 11.1 Å². The predicted octanol–water partition coefficient (Wildman–Crippen LogP) is 1.23. The van der Waals surface area contributed by atoms with E-state index in [2.05, 4.69) is 22.0 Å². The van der Waals surface area contributed by atoms with Crippen molar-refractivity contribution >= 4 is 11.0 Å². The highest BCUT2D eigenvalue weighted by Crippen LogP contribution is 2.13. The molecule has 0 aliphatic heterocycles. The van der Waals surface area contributed by atoms with E-state index in [-0.39, 0.29) is 0 Å². The lowest BCUT2D eigenvalue weighted by atomic mass is 10.2. The van der Waals surface area contributed by atoms with Crippen LogP contribution in [0.5, 0.6) is 0 Å². The molecule has 4 nitrogen and oxygen atoms in total. The molecule has 0 amide bonds. The van der Waals surface area contributed by atoms with Crippen molar-refractivity contribution in [1.82, 2.24) is 19.7 Å². The van der Waals surface area contributed by atoms with Gasteiger partial charge in [0.1, 0.15) is 5.82 Å². The first-order valence-corrected chi connectivity index (χ1v) is 4.37. The third-order valence-corrected chi connectivity index (χ3v) is 2.02. The lowest BCUT2D eigenvalue weighted by Gasteiger charge is -1.97. The third-order valence-electron chi connectivity index (χ3n) is 2.02. The maximum absolute atomic E-state index is 4.37. The van der Waals surface area contributed by atoms with Gasteiger partial charge < -0.3 is 0 Å². The van der Waals surface area contributed by atoms with Gasteiger partial charge >= 0.3 is 0 Å². The molecule has 0 aromatic carbocycles. The van der Waals surface area contributed by atoms with Crippen molar-refractivity contribution in [2.24, 2.45) is 7.05 Å². The van der Waals surface area contributed by atoms with Crippen molar-refractivity contribution in [3.05, 3.63) is 17.7 Å². The molecule has 0 fully saturated rings. The van der Waals surface area contributed by atoms with Crippen LogP contribution in [0.25, 0.3) is 11.0 Å². The van der Waals surface area contributed by atoms with E-state index in [9.17, 15) is 0 Å². The predicted molar refractivity (Wildman–Crippen MR) is 50.4 cm³/mol. The number of fused-ring (bicyclic) bond motifs is 1. The highest BCUT2D eigenvalue weighted by atomic mass is 15.3. The van der Waals surface area contributed by atoms with E-state index in [0.717, 1.165) is 29.0 Å². The normalized spacial score (nSPS) is 11.0. The molecule has 0 aliphatic carbocycles. The first kappa shape index (κ1) is 8.16. The molecule has 68 valence electrons. The van der Waals surface area contributed by atoms with Gasteiger partial charge in [-0.3, -0.25) is 4.68 Å². The third kappa shape index (κ3) is 1.28. The Hall–Kier alpha value is -1.45. The van der Waals surface area contributed by atoms with Crippen LogP contribution in [0.3, 0.4) is 0 Å². The van der Waals surface area contributed by atoms with Crippen LogP contribution >= 0.6 is 0 Å². The summed E-state index contributed by atoms with van der Waals surface area (Å²) in [4.78, 5) is 8.63. The smallest absolute Gasteiger partial charge is 0.184 e. The average molecular weight is 176 g/mol. The Bertz CT molecular complexity index is 444. The Morgan fingerprint density at radius 3 is 2.85 bits per heavy atom. The number of rotatable bonds is 1. The van der Waals surface area contributed by atoms with Crippen LogP contribution in [0, 0.1) is 6.92 Å². The molecule has 13 heavy (non-hydrogen) atoms. The first-order chi connectivity index (χ1) is 6.20. The largest absolute Gasteiger partial charge is 0.273 e. The van der Waals surface area contributed by atoms with E-state index in [1.54, 1.807) is 4.68 Å². The van der Waals surface area contributed by atoms with Crippen LogP contribution in [0.1, 0.15) is 18.4 Å². The van der Waals surface area contributed by atoms with Crippen molar-refractivity contribution in [2.45, 2.75) is 20.3 Å². The lowest BCUT2D eigenvalue weighted by Crippen LogP contribution is -1.94. The van der Waals surface area contributed by atoms with E-state index in [0.29, 0.717) is 0 Å². The maximum atomic E-state index is 4.37. The zero-order valence-electron chi connectivity index (χ0n) is 8.07. The molecule has 2 aromatic heterocycles. The molecule has 2 heterocycles. The molecule has 2 aromatic rings. The fraction of sp³-hybridized carbons (Fsp3) is 0.444. The molecular weight excluding hydrogens is 164 g/mol. The van der Waals surface area contributed by atoms with E-state index in [4.69, 9.17) is 0 Å². The van der Waals surface area contributed by atoms with Crippen molar-refractivity contribution in [3.63, 3.8) is 0 Å². The number of hydrogen-bond acceptors (Lipinski definition) is 3. The minimum atomic E-state index is 0.794. The summed E-state index contributed by atoms with van der Waals surface area (Å²) < 4.78 is 1.78. The fourth-order valence-electron chi connectivity index (χ4n) is 1.47. The molecule has 4 heteroatoms. The Kier molecular flexibility index (Phi) is 1.76. The summed E-state index contributed by atoms with van der Waals surface area (Å²) in [6.07, 6.45) is 2.89. The van der Waals surface area contributed by atoms with Crippen molar-refractivity contribution < 1.29 is 0 Å². The highest BCUT2D eigenvalue weighted by molar-refractivity contribution is 5.76. The minimum absolute atomic E-state index is 0.794. The van der Waals surface area contributed by atoms with Gasteiger partial charge in [0.25, 0.3) is 0 Å². The van der Waals surface area contributed by atoms with Crippen LogP contribution in [0.15, 0.2) is 6.20 Å². The number of aromatic nitrogens is 4. The second kappa shape index (κ2) is 2.80. The second-order valence-electron chi connectivity index (χ2n) is 3.11. The molecule has 0 saturated heterocycles. The standard InChI is InChI=1S/C9H12N4/c1-4-8-7-5-13(3)12-9(7)11-6(2)10-8/h5H,4H2,1-3H3. The highest BCUT2D eigenvalue weighted by Gasteiger charge is 2.06. The van der Waals surface area contributed by atoms with Crippen LogP contribution in [-0.4, -0.2) is 19.7 Å². The zero-order chi connectivity index (χ0) is 9.42. The maximum Gasteiger partial charge on any atom is 0.184 e. The summed E-state index contributed by atoms with van der Waals surface area (Å²) >= 11 is 0. The van der Waals surface area contributed by atoms with Crippen LogP contribution in [0.4, 0.5) is 0 Å². The second-order valence-corrected chi connectivity index (χ2v) is 3.11. The average Bonchev–Trinajstić information content (AvgIpc) is 2.43. The summed E-state index contributed by atoms with van der Waals surface area (Å²) in [6.45, 7) is 3.99. The molecule has 0 aliphatic rings. The zero-order valence-corrected chi connectivity index (χ0v) is 8.07. The van der Waals surface area contributed by atoms with Gasteiger partial charge in [0.15, 0.2) is 5.65 Å². The summed E-state index contributed by atoms with van der Waals surface area (Å²) in [5.41, 5.74) is 1.88. The van der Waals surface area contributed by atoms with Gasteiger partial charge in [0, 0.05) is 13.2 Å². The van der Waals surface area contributed by atoms with Crippen LogP contribution < -0.4 is 0 Å². The summed E-state index contributed by atoms with van der Waals surface area (Å²) in [6, 6.07) is 0. The van der Waals surface area contributed by atoms with E-state index in [1.807, 2.05) is 20.2 Å². The quantitative estimate of drug-likeness (QED) is 0.656. The summed E-state index contributed by atoms with van der Waals surface area (Å²) in [5, 5.41) is 5.31. The summed E-state index contributed by atoms with van der Waals surface area (Å²) in [7, 11) is 1.90. The number of hydrogen-bond donors (Lipinski definition) is 0. The monoisotopic (exact) mass is 176 g/mol. The van der Waals surface area contributed by atoms with Gasteiger partial charge in [0.2, 0.25) is 0 Å². The molecule has 0 saturated carbocycles. The van der Waals surface area contributed by atoms with Crippen LogP contribution in [0.2, 0.25) is 0 Å². The molecule has 0 radical (unpaired) electrons. The molecule has 0 spiro atoms. The van der Waals surface area contributed by atoms with Crippen LogP contribution in [-0.2, 0) is 13.5 Å². The summed E-state index contributed by atoms with van der Waals surface area (Å²) in [5.74, 6) is 0.794. The SMILES string of the molecule is CCc1nc(C)nc2nn(C)cc12. The lowest BCUT2D eigenvalue weighted by molar-refractivity contribution is 0.775. The van der Waals surface area contributed by atoms with Gasteiger partial charge in [-0.25, -0.2) is 9.97 Å². The van der Waals surface area contributed by atoms with E-state index in [1.165, 1.54) is 0 Å². The molecular formula is C9H12N4. The number of aryl methyl sites for hydroxylation is 3. The topological polar surface area (TPSA) is 43.6 Å². The Morgan fingerprint density at radius 1 is 1.38 bits per heavy atom. The van der Waals surface area contributed by atoms with E-state index < -0.39 is 0 Å². The Morgan fingerprint density at radius 2 is 2.15 bits per heavy atom. The van der Waals surface area contributed by atoms with Gasteiger partial charge in [-0.1, -0.05) is 6.92 Å². The van der Waals surface area contributed by atoms with E-state index >= 15 is 0 Å². The van der Waals surface area contributed by atoms with Gasteiger partial charge in [-0.2, -0.15) is 5.10 Å². The minimum Gasteiger partial charge on any atom is -0.273 e. The van der Waals surface area contributed by atoms with Crippen molar-refractivity contribution in [3.8, 4) is 0 Å². The fourth-order valence-corrected chi connectivity index (χ4v) is 1.47. The Labute approximate surface area is 76.6 Å². The molecule has 0 atom stereocenters. The number of nitrogens with zero attached hydrogens (tertiary/aromatic N) is 4.